The number of nitrogens with two attached hydrogens (primary N) is 1. The lowest BCUT2D eigenvalue weighted by Gasteiger charge is -2.03. The molecule has 0 fully saturated rings. The Morgan fingerprint density at radius 1 is 1.36 bits per heavy atom. The molecule has 3 N–H and O–H groups in total. The van der Waals surface area contributed by atoms with Gasteiger partial charge in [-0.15, -0.1) is 0 Å². The van der Waals surface area contributed by atoms with E-state index in [0.29, 0.717) is 6.54 Å². The maximum absolute atomic E-state index is 9.19. The van der Waals surface area contributed by atoms with Crippen LogP contribution in [-0.4, -0.2) is 5.11 Å². The summed E-state index contributed by atoms with van der Waals surface area (Å²) in [5, 5.41) is 9.19. The first kappa shape index (κ1) is 9.53. The summed E-state index contributed by atoms with van der Waals surface area (Å²) in [5.74, 6) is 0.287. The molecule has 0 saturated heterocycles. The van der Waals surface area contributed by atoms with E-state index in [2.05, 4.69) is 45.2 Å². The van der Waals surface area contributed by atoms with Gasteiger partial charge in [0.05, 0.1) is 0 Å². The molecule has 1 aromatic carbocycles. The summed E-state index contributed by atoms with van der Waals surface area (Å²) >= 11 is 4.40. The molecule has 11 heavy (non-hydrogen) atoms. The molecule has 0 unspecified atom stereocenters. The average molecular weight is 375 g/mol. The van der Waals surface area contributed by atoms with Gasteiger partial charge in [-0.3, -0.25) is 0 Å². The van der Waals surface area contributed by atoms with E-state index in [-0.39, 0.29) is 5.75 Å². The summed E-state index contributed by atoms with van der Waals surface area (Å²) in [6, 6.07) is 3.42. The van der Waals surface area contributed by atoms with Crippen molar-refractivity contribution in [2.75, 3.05) is 0 Å². The second-order valence-corrected chi connectivity index (χ2v) is 4.35. The Balaban J connectivity index is 3.24. The fourth-order valence-corrected chi connectivity index (χ4v) is 1.98. The van der Waals surface area contributed by atoms with Gasteiger partial charge >= 0.3 is 0 Å². The average Bonchev–Trinajstić information content (AvgIpc) is 1.96. The lowest BCUT2D eigenvalue weighted by molar-refractivity contribution is 0.474. The van der Waals surface area contributed by atoms with Gasteiger partial charge < -0.3 is 10.8 Å². The minimum atomic E-state index is 0.287. The van der Waals surface area contributed by atoms with Gasteiger partial charge in [-0.05, 0) is 62.9 Å². The second-order valence-electron chi connectivity index (χ2n) is 2.10. The summed E-state index contributed by atoms with van der Waals surface area (Å²) in [6.45, 7) is 0.475. The molecule has 0 radical (unpaired) electrons. The largest absolute Gasteiger partial charge is 0.508 e. The summed E-state index contributed by atoms with van der Waals surface area (Å²) < 4.78 is 2.17. The van der Waals surface area contributed by atoms with E-state index in [0.717, 1.165) is 12.7 Å². The number of hydrogen-bond acceptors (Lipinski definition) is 2. The van der Waals surface area contributed by atoms with Gasteiger partial charge in [0.1, 0.15) is 5.75 Å². The number of benzene rings is 1. The van der Waals surface area contributed by atoms with E-state index in [9.17, 15) is 5.11 Å². The zero-order valence-electron chi connectivity index (χ0n) is 5.64. The van der Waals surface area contributed by atoms with Crippen LogP contribution in [0.5, 0.6) is 5.75 Å². The topological polar surface area (TPSA) is 46.2 Å². The van der Waals surface area contributed by atoms with Crippen LogP contribution in [0, 0.1) is 7.14 Å². The lowest BCUT2D eigenvalue weighted by atomic mass is 10.2. The van der Waals surface area contributed by atoms with Gasteiger partial charge in [0.2, 0.25) is 0 Å². The first-order valence-electron chi connectivity index (χ1n) is 3.02. The molecular formula is C7H7I2NO. The first-order chi connectivity index (χ1) is 5.15. The smallest absolute Gasteiger partial charge is 0.117 e. The fraction of sp³-hybridized carbons (Fsp3) is 0.143. The van der Waals surface area contributed by atoms with Crippen molar-refractivity contribution in [1.82, 2.24) is 0 Å². The number of halogens is 2. The van der Waals surface area contributed by atoms with E-state index in [1.54, 1.807) is 12.1 Å². The van der Waals surface area contributed by atoms with E-state index in [4.69, 9.17) is 5.73 Å². The molecule has 2 nitrogen and oxygen atoms in total. The molecule has 1 rings (SSSR count). The van der Waals surface area contributed by atoms with Crippen LogP contribution in [0.4, 0.5) is 0 Å². The maximum atomic E-state index is 9.19. The number of phenolic OH excluding ortho intramolecular Hbond substituents is 1. The highest BCUT2D eigenvalue weighted by atomic mass is 127. The molecule has 4 heteroatoms. The zero-order chi connectivity index (χ0) is 8.43. The van der Waals surface area contributed by atoms with Gasteiger partial charge in [0, 0.05) is 13.7 Å². The van der Waals surface area contributed by atoms with Gasteiger partial charge in [0.25, 0.3) is 0 Å². The Morgan fingerprint density at radius 3 is 2.55 bits per heavy atom. The lowest BCUT2D eigenvalue weighted by Crippen LogP contribution is -2.00. The third-order valence-electron chi connectivity index (χ3n) is 1.31. The summed E-state index contributed by atoms with van der Waals surface area (Å²) in [4.78, 5) is 0. The highest BCUT2D eigenvalue weighted by molar-refractivity contribution is 14.1. The Bertz CT molecular complexity index is 275. The van der Waals surface area contributed by atoms with Crippen LogP contribution in [0.1, 0.15) is 5.56 Å². The van der Waals surface area contributed by atoms with Crippen molar-refractivity contribution < 1.29 is 5.11 Å². The Kier molecular flexibility index (Phi) is 3.38. The molecule has 0 aliphatic carbocycles. The summed E-state index contributed by atoms with van der Waals surface area (Å²) in [5.41, 5.74) is 6.46. The molecule has 0 amide bonds. The van der Waals surface area contributed by atoms with Gasteiger partial charge in [-0.1, -0.05) is 0 Å². The predicted octanol–water partition coefficient (Wildman–Crippen LogP) is 2.06. The normalized spacial score (nSPS) is 10.1. The minimum Gasteiger partial charge on any atom is -0.508 e. The molecule has 0 aliphatic rings. The van der Waals surface area contributed by atoms with Crippen molar-refractivity contribution in [3.8, 4) is 5.75 Å². The van der Waals surface area contributed by atoms with Crippen LogP contribution in [0.15, 0.2) is 12.1 Å². The predicted molar refractivity (Wildman–Crippen MR) is 61.4 cm³/mol. The zero-order valence-corrected chi connectivity index (χ0v) is 9.96. The molecule has 0 aliphatic heterocycles. The third-order valence-corrected chi connectivity index (χ3v) is 4.46. The van der Waals surface area contributed by atoms with E-state index in [1.165, 1.54) is 0 Å². The van der Waals surface area contributed by atoms with Gasteiger partial charge in [0.15, 0.2) is 0 Å². The molecule has 0 saturated carbocycles. The van der Waals surface area contributed by atoms with Gasteiger partial charge in [-0.2, -0.15) is 0 Å². The van der Waals surface area contributed by atoms with Crippen LogP contribution >= 0.6 is 45.2 Å². The van der Waals surface area contributed by atoms with Gasteiger partial charge in [-0.25, -0.2) is 0 Å². The van der Waals surface area contributed by atoms with Crippen LogP contribution < -0.4 is 5.73 Å². The Morgan fingerprint density at radius 2 is 2.00 bits per heavy atom. The minimum absolute atomic E-state index is 0.287. The van der Waals surface area contributed by atoms with Crippen molar-refractivity contribution >= 4 is 45.2 Å². The van der Waals surface area contributed by atoms with Crippen molar-refractivity contribution in [2.24, 2.45) is 5.73 Å². The molecule has 0 bridgehead atoms. The van der Waals surface area contributed by atoms with Crippen molar-refractivity contribution in [3.63, 3.8) is 0 Å². The Labute approximate surface area is 92.5 Å². The number of hydrogen-bond donors (Lipinski definition) is 2. The third kappa shape index (κ3) is 2.19. The monoisotopic (exact) mass is 375 g/mol. The summed E-state index contributed by atoms with van der Waals surface area (Å²) in [6.07, 6.45) is 0. The van der Waals surface area contributed by atoms with Crippen LogP contribution in [0.2, 0.25) is 0 Å². The van der Waals surface area contributed by atoms with Crippen LogP contribution in [0.3, 0.4) is 0 Å². The number of rotatable bonds is 1. The van der Waals surface area contributed by atoms with E-state index in [1.807, 2.05) is 0 Å². The molecule has 0 heterocycles. The molecule has 1 aromatic rings. The fourth-order valence-electron chi connectivity index (χ4n) is 0.779. The SMILES string of the molecule is NCc1cc(O)cc(I)c1I. The molecule has 0 aromatic heterocycles. The Hall–Kier alpha value is 0.440. The highest BCUT2D eigenvalue weighted by Gasteiger charge is 2.03. The van der Waals surface area contributed by atoms with E-state index < -0.39 is 0 Å². The van der Waals surface area contributed by atoms with Crippen molar-refractivity contribution in [2.45, 2.75) is 6.54 Å². The van der Waals surface area contributed by atoms with Crippen LogP contribution in [-0.2, 0) is 6.54 Å². The molecule has 0 atom stereocenters. The summed E-state index contributed by atoms with van der Waals surface area (Å²) in [7, 11) is 0. The van der Waals surface area contributed by atoms with E-state index >= 15 is 0 Å². The second kappa shape index (κ2) is 3.90. The van der Waals surface area contributed by atoms with Crippen molar-refractivity contribution in [1.29, 1.82) is 0 Å². The maximum Gasteiger partial charge on any atom is 0.117 e. The quantitative estimate of drug-likeness (QED) is 0.739. The molecule has 0 spiro atoms. The van der Waals surface area contributed by atoms with Crippen molar-refractivity contribution in [3.05, 3.63) is 24.8 Å². The first-order valence-corrected chi connectivity index (χ1v) is 5.18. The molecule has 60 valence electrons. The van der Waals surface area contributed by atoms with Crippen LogP contribution in [0.25, 0.3) is 0 Å². The highest BCUT2D eigenvalue weighted by Crippen LogP contribution is 2.24. The number of aromatic hydroxyl groups is 1. The molecular weight excluding hydrogens is 368 g/mol. The number of phenols is 1. The standard InChI is InChI=1S/C7H7I2NO/c8-6-2-5(11)1-4(3-10)7(6)9/h1-2,11H,3,10H2.